The van der Waals surface area contributed by atoms with Crippen LogP contribution in [0.1, 0.15) is 101 Å². The van der Waals surface area contributed by atoms with E-state index in [1.54, 1.807) is 0 Å². The van der Waals surface area contributed by atoms with Crippen molar-refractivity contribution in [1.82, 2.24) is 0 Å². The molecule has 25 heavy (non-hydrogen) atoms. The lowest BCUT2D eigenvalue weighted by atomic mass is 9.99. The van der Waals surface area contributed by atoms with E-state index in [0.717, 1.165) is 24.0 Å². The first-order chi connectivity index (χ1) is 12.2. The fraction of sp³-hybridized carbons (Fsp3) is 0.609. The van der Waals surface area contributed by atoms with E-state index < -0.39 is 6.10 Å². The third kappa shape index (κ3) is 6.43. The number of hydrogen-bond acceptors (Lipinski definition) is 2. The van der Waals surface area contributed by atoms with E-state index in [-0.39, 0.29) is 5.78 Å². The van der Waals surface area contributed by atoms with Gasteiger partial charge in [0, 0.05) is 12.0 Å². The summed E-state index contributed by atoms with van der Waals surface area (Å²) in [7, 11) is 0. The highest BCUT2D eigenvalue weighted by Crippen LogP contribution is 2.35. The molecule has 0 heterocycles. The molecule has 1 unspecified atom stereocenters. The summed E-state index contributed by atoms with van der Waals surface area (Å²) in [4.78, 5) is 12.4. The Morgan fingerprint density at radius 3 is 2.04 bits per heavy atom. The molecule has 2 heteroatoms. The van der Waals surface area contributed by atoms with Crippen LogP contribution in [0.5, 0.6) is 0 Å². The first-order valence-electron chi connectivity index (χ1n) is 10.3. The second-order valence-electron chi connectivity index (χ2n) is 7.34. The molecule has 0 spiro atoms. The number of rotatable bonds is 13. The number of benzene rings is 1. The molecule has 0 radical (unpaired) electrons. The van der Waals surface area contributed by atoms with Crippen LogP contribution in [-0.4, -0.2) is 10.9 Å². The first kappa shape index (κ1) is 19.9. The van der Waals surface area contributed by atoms with Crippen LogP contribution in [0, 0.1) is 0 Å². The summed E-state index contributed by atoms with van der Waals surface area (Å²) in [6.45, 7) is 2.26. The fourth-order valence-corrected chi connectivity index (χ4v) is 3.63. The lowest BCUT2D eigenvalue weighted by molar-refractivity contribution is -0.116. The van der Waals surface area contributed by atoms with Gasteiger partial charge in [0.05, 0.1) is 0 Å². The highest BCUT2D eigenvalue weighted by atomic mass is 16.3. The number of carbonyl (C=O) groups excluding carboxylic acids is 1. The average molecular weight is 343 g/mol. The van der Waals surface area contributed by atoms with Gasteiger partial charge in [0.15, 0.2) is 5.78 Å². The predicted molar refractivity (Wildman–Crippen MR) is 105 cm³/mol. The van der Waals surface area contributed by atoms with Gasteiger partial charge in [-0.05, 0) is 23.6 Å². The van der Waals surface area contributed by atoms with Crippen molar-refractivity contribution < 1.29 is 9.90 Å². The van der Waals surface area contributed by atoms with Crippen LogP contribution >= 0.6 is 0 Å². The zero-order valence-corrected chi connectivity index (χ0v) is 15.8. The number of aliphatic hydroxyl groups is 1. The Bertz CT molecular complexity index is 559. The van der Waals surface area contributed by atoms with Crippen molar-refractivity contribution in [1.29, 1.82) is 0 Å². The van der Waals surface area contributed by atoms with Crippen LogP contribution in [0.3, 0.4) is 0 Å². The van der Waals surface area contributed by atoms with Crippen LogP contribution in [-0.2, 0) is 4.79 Å². The van der Waals surface area contributed by atoms with E-state index in [1.165, 1.54) is 57.8 Å². The largest absolute Gasteiger partial charge is 0.384 e. The van der Waals surface area contributed by atoms with Gasteiger partial charge in [0.2, 0.25) is 0 Å². The lowest BCUT2D eigenvalue weighted by Crippen LogP contribution is -2.08. The molecule has 1 aromatic carbocycles. The predicted octanol–water partition coefficient (Wildman–Crippen LogP) is 6.39. The SMILES string of the molecule is CCCCCCCCCCCCCC(=O)C1=Cc2ccccc2C1O. The molecule has 138 valence electrons. The van der Waals surface area contributed by atoms with Gasteiger partial charge in [-0.25, -0.2) is 0 Å². The monoisotopic (exact) mass is 342 g/mol. The Hall–Kier alpha value is -1.41. The molecule has 1 aliphatic carbocycles. The number of ketones is 1. The summed E-state index contributed by atoms with van der Waals surface area (Å²) in [5, 5.41) is 10.3. The number of carbonyl (C=O) groups is 1. The van der Waals surface area contributed by atoms with E-state index in [4.69, 9.17) is 0 Å². The van der Waals surface area contributed by atoms with Crippen molar-refractivity contribution in [2.45, 2.75) is 90.1 Å². The minimum absolute atomic E-state index is 0.111. The number of fused-ring (bicyclic) bond motifs is 1. The van der Waals surface area contributed by atoms with E-state index >= 15 is 0 Å². The molecular formula is C23H34O2. The molecule has 0 aliphatic heterocycles. The van der Waals surface area contributed by atoms with Gasteiger partial charge in [-0.3, -0.25) is 4.79 Å². The van der Waals surface area contributed by atoms with Gasteiger partial charge in [0.25, 0.3) is 0 Å². The molecule has 0 aromatic heterocycles. The third-order valence-electron chi connectivity index (χ3n) is 5.23. The maximum absolute atomic E-state index is 12.4. The minimum atomic E-state index is -0.726. The van der Waals surface area contributed by atoms with Gasteiger partial charge in [-0.2, -0.15) is 0 Å². The Morgan fingerprint density at radius 2 is 1.44 bits per heavy atom. The normalized spacial score (nSPS) is 15.9. The zero-order valence-electron chi connectivity index (χ0n) is 15.8. The molecule has 0 amide bonds. The van der Waals surface area contributed by atoms with Crippen LogP contribution in [0.2, 0.25) is 0 Å². The topological polar surface area (TPSA) is 37.3 Å². The number of Topliss-reactive ketones (excluding diaryl/α,β-unsaturated/α-hetero) is 1. The number of aliphatic hydroxyl groups excluding tert-OH is 1. The maximum Gasteiger partial charge on any atom is 0.161 e. The summed E-state index contributed by atoms with van der Waals surface area (Å²) < 4.78 is 0. The summed E-state index contributed by atoms with van der Waals surface area (Å²) in [6.07, 6.45) is 15.8. The van der Waals surface area contributed by atoms with Gasteiger partial charge >= 0.3 is 0 Å². The minimum Gasteiger partial charge on any atom is -0.384 e. The molecule has 1 aliphatic rings. The highest BCUT2D eigenvalue weighted by Gasteiger charge is 2.26. The van der Waals surface area contributed by atoms with Crippen LogP contribution < -0.4 is 0 Å². The van der Waals surface area contributed by atoms with Crippen molar-refractivity contribution in [2.24, 2.45) is 0 Å². The Labute approximate surface area is 153 Å². The molecule has 1 aromatic rings. The van der Waals surface area contributed by atoms with Crippen molar-refractivity contribution >= 4 is 11.9 Å². The standard InChI is InChI=1S/C23H34O2/c1-2-3-4-5-6-7-8-9-10-11-12-17-22(24)21-18-19-15-13-14-16-20(19)23(21)25/h13-16,18,23,25H,2-12,17H2,1H3. The average Bonchev–Trinajstić information content (AvgIpc) is 2.97. The second kappa shape index (κ2) is 11.3. The molecule has 0 saturated heterocycles. The van der Waals surface area contributed by atoms with Gasteiger partial charge in [-0.1, -0.05) is 95.4 Å². The fourth-order valence-electron chi connectivity index (χ4n) is 3.63. The molecule has 1 atom stereocenters. The molecule has 2 nitrogen and oxygen atoms in total. The molecule has 0 saturated carbocycles. The van der Waals surface area contributed by atoms with Crippen molar-refractivity contribution in [3.63, 3.8) is 0 Å². The summed E-state index contributed by atoms with van der Waals surface area (Å²) in [6, 6.07) is 7.71. The number of unbranched alkanes of at least 4 members (excludes halogenated alkanes) is 10. The summed E-state index contributed by atoms with van der Waals surface area (Å²) in [5.41, 5.74) is 2.43. The molecule has 0 fully saturated rings. The van der Waals surface area contributed by atoms with Crippen LogP contribution in [0.4, 0.5) is 0 Å². The van der Waals surface area contributed by atoms with Crippen molar-refractivity contribution in [3.05, 3.63) is 41.0 Å². The van der Waals surface area contributed by atoms with Crippen LogP contribution in [0.25, 0.3) is 6.08 Å². The van der Waals surface area contributed by atoms with Gasteiger partial charge in [0.1, 0.15) is 6.10 Å². The zero-order chi connectivity index (χ0) is 17.9. The molecule has 2 rings (SSSR count). The third-order valence-corrected chi connectivity index (χ3v) is 5.23. The van der Waals surface area contributed by atoms with Crippen molar-refractivity contribution in [3.8, 4) is 0 Å². The maximum atomic E-state index is 12.4. The van der Waals surface area contributed by atoms with E-state index in [9.17, 15) is 9.90 Å². The molecule has 1 N–H and O–H groups in total. The Balaban J connectivity index is 1.52. The summed E-state index contributed by atoms with van der Waals surface area (Å²) >= 11 is 0. The molecule has 0 bridgehead atoms. The van der Waals surface area contributed by atoms with E-state index in [1.807, 2.05) is 30.3 Å². The first-order valence-corrected chi connectivity index (χ1v) is 10.3. The van der Waals surface area contributed by atoms with Crippen molar-refractivity contribution in [2.75, 3.05) is 0 Å². The quantitative estimate of drug-likeness (QED) is 0.422. The Morgan fingerprint density at radius 1 is 0.880 bits per heavy atom. The second-order valence-corrected chi connectivity index (χ2v) is 7.34. The van der Waals surface area contributed by atoms with Crippen LogP contribution in [0.15, 0.2) is 29.8 Å². The van der Waals surface area contributed by atoms with E-state index in [0.29, 0.717) is 12.0 Å². The lowest BCUT2D eigenvalue weighted by Gasteiger charge is -2.09. The van der Waals surface area contributed by atoms with E-state index in [2.05, 4.69) is 6.92 Å². The Kier molecular flexibility index (Phi) is 8.96. The highest BCUT2D eigenvalue weighted by molar-refractivity contribution is 6.02. The number of hydrogen-bond donors (Lipinski definition) is 1. The van der Waals surface area contributed by atoms with Gasteiger partial charge in [-0.15, -0.1) is 0 Å². The van der Waals surface area contributed by atoms with Gasteiger partial charge < -0.3 is 5.11 Å². The molecular weight excluding hydrogens is 308 g/mol. The summed E-state index contributed by atoms with van der Waals surface area (Å²) in [5.74, 6) is 0.111. The smallest absolute Gasteiger partial charge is 0.161 e.